The Morgan fingerprint density at radius 1 is 1.36 bits per heavy atom. The van der Waals surface area contributed by atoms with Gasteiger partial charge in [0, 0.05) is 4.47 Å². The fourth-order valence-corrected chi connectivity index (χ4v) is 3.18. The fraction of sp³-hybridized carbons (Fsp3) is 0.375. The molecule has 0 saturated heterocycles. The predicted molar refractivity (Wildman–Crippen MR) is 108 cm³/mol. The van der Waals surface area contributed by atoms with Crippen LogP contribution >= 0.6 is 39.5 Å². The van der Waals surface area contributed by atoms with Gasteiger partial charge in [0.2, 0.25) is 5.13 Å². The summed E-state index contributed by atoms with van der Waals surface area (Å²) >= 11 is 9.96. The van der Waals surface area contributed by atoms with Crippen LogP contribution in [0.2, 0.25) is 0 Å². The maximum Gasteiger partial charge on any atom is 0.261 e. The molecule has 0 radical (unpaired) electrons. The first-order chi connectivity index (χ1) is 12.0. The zero-order valence-corrected chi connectivity index (χ0v) is 17.2. The van der Waals surface area contributed by atoms with Crippen LogP contribution in [-0.4, -0.2) is 27.8 Å². The number of aryl methyl sites for hydroxylation is 1. The number of nitrogens with one attached hydrogen (secondary N) is 2. The average Bonchev–Trinajstić information content (AvgIpc) is 3.03. The van der Waals surface area contributed by atoms with Gasteiger partial charge in [-0.05, 0) is 43.3 Å². The van der Waals surface area contributed by atoms with Crippen molar-refractivity contribution in [3.05, 3.63) is 33.2 Å². The van der Waals surface area contributed by atoms with Crippen LogP contribution in [-0.2, 0) is 6.42 Å². The second kappa shape index (κ2) is 9.79. The van der Waals surface area contributed by atoms with Gasteiger partial charge < -0.3 is 10.1 Å². The standard InChI is InChI=1S/C16H19BrN4O2S2/c1-3-5-8-23-12-7-6-10(17)9-11(12)14(22)18-15(24)19-16-21-20-13(4-2)25-16/h6-7,9H,3-5,8H2,1-2H3,(H2,18,19,21,22,24). The molecule has 1 aromatic carbocycles. The Labute approximate surface area is 164 Å². The van der Waals surface area contributed by atoms with Crippen molar-refractivity contribution in [1.29, 1.82) is 0 Å². The van der Waals surface area contributed by atoms with E-state index in [-0.39, 0.29) is 11.0 Å². The molecular weight excluding hydrogens is 424 g/mol. The third-order valence-corrected chi connectivity index (χ3v) is 4.84. The van der Waals surface area contributed by atoms with E-state index in [4.69, 9.17) is 17.0 Å². The molecule has 6 nitrogen and oxygen atoms in total. The number of aromatic nitrogens is 2. The van der Waals surface area contributed by atoms with Crippen molar-refractivity contribution in [3.8, 4) is 5.75 Å². The van der Waals surface area contributed by atoms with Crippen molar-refractivity contribution in [2.75, 3.05) is 11.9 Å². The first-order valence-electron chi connectivity index (χ1n) is 7.90. The summed E-state index contributed by atoms with van der Waals surface area (Å²) in [7, 11) is 0. The summed E-state index contributed by atoms with van der Waals surface area (Å²) in [6, 6.07) is 5.31. The molecule has 1 aromatic heterocycles. The lowest BCUT2D eigenvalue weighted by atomic mass is 10.2. The normalized spacial score (nSPS) is 10.4. The lowest BCUT2D eigenvalue weighted by Gasteiger charge is -2.12. The first-order valence-corrected chi connectivity index (χ1v) is 9.92. The molecule has 9 heteroatoms. The van der Waals surface area contributed by atoms with E-state index in [9.17, 15) is 4.79 Å². The molecule has 25 heavy (non-hydrogen) atoms. The number of halogens is 1. The van der Waals surface area contributed by atoms with Crippen molar-refractivity contribution < 1.29 is 9.53 Å². The van der Waals surface area contributed by atoms with Crippen LogP contribution in [0.1, 0.15) is 42.1 Å². The number of hydrogen-bond donors (Lipinski definition) is 2. The molecule has 0 fully saturated rings. The molecule has 0 spiro atoms. The number of rotatable bonds is 7. The maximum absolute atomic E-state index is 12.5. The van der Waals surface area contributed by atoms with Crippen LogP contribution in [0, 0.1) is 0 Å². The Bertz CT molecular complexity index is 751. The van der Waals surface area contributed by atoms with Crippen molar-refractivity contribution in [2.24, 2.45) is 0 Å². The third-order valence-electron chi connectivity index (χ3n) is 3.16. The monoisotopic (exact) mass is 442 g/mol. The van der Waals surface area contributed by atoms with Crippen molar-refractivity contribution in [2.45, 2.75) is 33.1 Å². The number of carbonyl (C=O) groups is 1. The van der Waals surface area contributed by atoms with Crippen LogP contribution in [0.5, 0.6) is 5.75 Å². The number of thiocarbonyl (C=S) groups is 1. The molecule has 1 heterocycles. The van der Waals surface area contributed by atoms with Gasteiger partial charge in [-0.3, -0.25) is 10.1 Å². The van der Waals surface area contributed by atoms with E-state index in [2.05, 4.69) is 43.7 Å². The van der Waals surface area contributed by atoms with Gasteiger partial charge in [0.15, 0.2) is 5.11 Å². The minimum atomic E-state index is -0.342. The van der Waals surface area contributed by atoms with E-state index in [1.165, 1.54) is 11.3 Å². The fourth-order valence-electron chi connectivity index (χ4n) is 1.88. The predicted octanol–water partition coefficient (Wildman–Crippen LogP) is 4.17. The summed E-state index contributed by atoms with van der Waals surface area (Å²) < 4.78 is 6.49. The molecule has 0 bridgehead atoms. The summed E-state index contributed by atoms with van der Waals surface area (Å²) in [5.41, 5.74) is 0.418. The number of hydrogen-bond acceptors (Lipinski definition) is 6. The zero-order chi connectivity index (χ0) is 18.2. The lowest BCUT2D eigenvalue weighted by molar-refractivity contribution is 0.0973. The highest BCUT2D eigenvalue weighted by Gasteiger charge is 2.15. The Morgan fingerprint density at radius 3 is 2.84 bits per heavy atom. The molecule has 2 rings (SSSR count). The molecule has 0 aliphatic heterocycles. The quantitative estimate of drug-likeness (QED) is 0.494. The summed E-state index contributed by atoms with van der Waals surface area (Å²) in [6.45, 7) is 4.64. The highest BCUT2D eigenvalue weighted by atomic mass is 79.9. The minimum Gasteiger partial charge on any atom is -0.493 e. The maximum atomic E-state index is 12.5. The Kier molecular flexibility index (Phi) is 7.73. The van der Waals surface area contributed by atoms with Crippen LogP contribution in [0.25, 0.3) is 0 Å². The van der Waals surface area contributed by atoms with Gasteiger partial charge in [0.25, 0.3) is 5.91 Å². The first kappa shape index (κ1) is 19.7. The number of carbonyl (C=O) groups excluding carboxylic acids is 1. The van der Waals surface area contributed by atoms with Gasteiger partial charge in [0.05, 0.1) is 12.2 Å². The molecule has 2 aromatic rings. The molecule has 0 unspecified atom stereocenters. The third kappa shape index (κ3) is 6.02. The Balaban J connectivity index is 2.03. The van der Waals surface area contributed by atoms with Crippen LogP contribution in [0.4, 0.5) is 5.13 Å². The van der Waals surface area contributed by atoms with E-state index >= 15 is 0 Å². The highest BCUT2D eigenvalue weighted by Crippen LogP contribution is 2.24. The summed E-state index contributed by atoms with van der Waals surface area (Å²) in [5.74, 6) is 0.187. The SMILES string of the molecule is CCCCOc1ccc(Br)cc1C(=O)NC(=S)Nc1nnc(CC)s1. The molecule has 2 N–H and O–H groups in total. The van der Waals surface area contributed by atoms with Gasteiger partial charge in [-0.25, -0.2) is 0 Å². The molecule has 0 atom stereocenters. The van der Waals surface area contributed by atoms with E-state index < -0.39 is 0 Å². The Morgan fingerprint density at radius 2 is 2.16 bits per heavy atom. The van der Waals surface area contributed by atoms with Gasteiger partial charge in [-0.15, -0.1) is 10.2 Å². The summed E-state index contributed by atoms with van der Waals surface area (Å²) in [6.07, 6.45) is 2.75. The molecule has 134 valence electrons. The van der Waals surface area contributed by atoms with E-state index in [1.54, 1.807) is 12.1 Å². The van der Waals surface area contributed by atoms with Gasteiger partial charge in [-0.2, -0.15) is 0 Å². The van der Waals surface area contributed by atoms with Crippen molar-refractivity contribution >= 4 is 55.6 Å². The molecule has 0 aliphatic rings. The number of unbranched alkanes of at least 4 members (excludes halogenated alkanes) is 1. The van der Waals surface area contributed by atoms with E-state index in [1.807, 2.05) is 13.0 Å². The number of benzene rings is 1. The van der Waals surface area contributed by atoms with Gasteiger partial charge in [0.1, 0.15) is 10.8 Å². The van der Waals surface area contributed by atoms with Gasteiger partial charge in [-0.1, -0.05) is 47.5 Å². The minimum absolute atomic E-state index is 0.170. The number of ether oxygens (including phenoxy) is 1. The van der Waals surface area contributed by atoms with Crippen molar-refractivity contribution in [3.63, 3.8) is 0 Å². The zero-order valence-electron chi connectivity index (χ0n) is 14.0. The smallest absolute Gasteiger partial charge is 0.261 e. The van der Waals surface area contributed by atoms with Crippen molar-refractivity contribution in [1.82, 2.24) is 15.5 Å². The number of anilines is 1. The number of amides is 1. The topological polar surface area (TPSA) is 76.1 Å². The average molecular weight is 443 g/mol. The number of nitrogens with zero attached hydrogens (tertiary/aromatic N) is 2. The van der Waals surface area contributed by atoms with Crippen LogP contribution < -0.4 is 15.4 Å². The second-order valence-electron chi connectivity index (χ2n) is 5.11. The molecular formula is C16H19BrN4O2S2. The van der Waals surface area contributed by atoms with Crippen LogP contribution in [0.3, 0.4) is 0 Å². The lowest BCUT2D eigenvalue weighted by Crippen LogP contribution is -2.34. The molecule has 0 saturated carbocycles. The van der Waals surface area contributed by atoms with Gasteiger partial charge >= 0.3 is 0 Å². The van der Waals surface area contributed by atoms with E-state index in [0.29, 0.717) is 23.1 Å². The summed E-state index contributed by atoms with van der Waals surface area (Å²) in [4.78, 5) is 12.5. The molecule has 1 amide bonds. The van der Waals surface area contributed by atoms with Crippen LogP contribution in [0.15, 0.2) is 22.7 Å². The van der Waals surface area contributed by atoms with E-state index in [0.717, 1.165) is 28.7 Å². The largest absolute Gasteiger partial charge is 0.493 e. The summed E-state index contributed by atoms with van der Waals surface area (Å²) in [5, 5.41) is 15.1. The second-order valence-corrected chi connectivity index (χ2v) is 7.49. The highest BCUT2D eigenvalue weighted by molar-refractivity contribution is 9.10. The molecule has 0 aliphatic carbocycles. The Hall–Kier alpha value is -1.58.